The summed E-state index contributed by atoms with van der Waals surface area (Å²) in [5, 5.41) is 0.414. The van der Waals surface area contributed by atoms with Crippen LogP contribution in [0.1, 0.15) is 28.8 Å². The SMILES string of the molecule is O=C(c1ccccc1Cl)N1CCCC(OCc2cc(F)ccc2F)C1. The van der Waals surface area contributed by atoms with Crippen molar-refractivity contribution < 1.29 is 18.3 Å². The first kappa shape index (κ1) is 17.8. The molecule has 0 spiro atoms. The van der Waals surface area contributed by atoms with Crippen LogP contribution in [-0.2, 0) is 11.3 Å². The molecule has 6 heteroatoms. The van der Waals surface area contributed by atoms with E-state index >= 15 is 0 Å². The van der Waals surface area contributed by atoms with Crippen LogP contribution in [0.2, 0.25) is 5.02 Å². The Kier molecular flexibility index (Phi) is 5.66. The van der Waals surface area contributed by atoms with Gasteiger partial charge in [-0.15, -0.1) is 0 Å². The number of halogens is 3. The summed E-state index contributed by atoms with van der Waals surface area (Å²) < 4.78 is 32.6. The highest BCUT2D eigenvalue weighted by Gasteiger charge is 2.26. The van der Waals surface area contributed by atoms with Crippen molar-refractivity contribution in [1.29, 1.82) is 0 Å². The number of rotatable bonds is 4. The van der Waals surface area contributed by atoms with E-state index in [0.29, 0.717) is 23.7 Å². The van der Waals surface area contributed by atoms with Crippen molar-refractivity contribution in [2.24, 2.45) is 0 Å². The maximum absolute atomic E-state index is 13.7. The topological polar surface area (TPSA) is 29.5 Å². The normalized spacial score (nSPS) is 17.6. The zero-order chi connectivity index (χ0) is 17.8. The van der Waals surface area contributed by atoms with Gasteiger partial charge in [0.15, 0.2) is 0 Å². The number of carbonyl (C=O) groups is 1. The lowest BCUT2D eigenvalue weighted by atomic mass is 10.1. The molecular weight excluding hydrogens is 348 g/mol. The van der Waals surface area contributed by atoms with Crippen molar-refractivity contribution in [2.75, 3.05) is 13.1 Å². The molecule has 1 heterocycles. The number of likely N-dealkylation sites (tertiary alicyclic amines) is 1. The third-order valence-electron chi connectivity index (χ3n) is 4.25. The van der Waals surface area contributed by atoms with E-state index in [1.807, 2.05) is 0 Å². The molecule has 1 atom stereocenters. The molecule has 3 nitrogen and oxygen atoms in total. The van der Waals surface area contributed by atoms with Crippen LogP contribution in [0.5, 0.6) is 0 Å². The number of hydrogen-bond donors (Lipinski definition) is 0. The minimum absolute atomic E-state index is 0.0254. The first-order valence-electron chi connectivity index (χ1n) is 8.14. The molecular formula is C19H18ClF2NO2. The average Bonchev–Trinajstić information content (AvgIpc) is 2.62. The predicted molar refractivity (Wildman–Crippen MR) is 91.5 cm³/mol. The van der Waals surface area contributed by atoms with E-state index in [0.717, 1.165) is 31.0 Å². The van der Waals surface area contributed by atoms with Crippen LogP contribution in [0.4, 0.5) is 8.78 Å². The minimum Gasteiger partial charge on any atom is -0.372 e. The zero-order valence-corrected chi connectivity index (χ0v) is 14.3. The van der Waals surface area contributed by atoms with E-state index in [2.05, 4.69) is 0 Å². The predicted octanol–water partition coefficient (Wildman–Crippen LogP) is 4.44. The summed E-state index contributed by atoms with van der Waals surface area (Å²) >= 11 is 6.09. The number of carbonyl (C=O) groups excluding carboxylic acids is 1. The van der Waals surface area contributed by atoms with Crippen LogP contribution < -0.4 is 0 Å². The molecule has 1 fully saturated rings. The first-order valence-corrected chi connectivity index (χ1v) is 8.51. The molecule has 0 aliphatic carbocycles. The first-order chi connectivity index (χ1) is 12.0. The Morgan fingerprint density at radius 3 is 2.84 bits per heavy atom. The number of amides is 1. The van der Waals surface area contributed by atoms with Crippen molar-refractivity contribution in [3.8, 4) is 0 Å². The van der Waals surface area contributed by atoms with Crippen LogP contribution in [0.15, 0.2) is 42.5 Å². The molecule has 1 aliphatic rings. The Bertz CT molecular complexity index is 769. The lowest BCUT2D eigenvalue weighted by Gasteiger charge is -2.33. The highest BCUT2D eigenvalue weighted by Crippen LogP contribution is 2.22. The monoisotopic (exact) mass is 365 g/mol. The second kappa shape index (κ2) is 7.93. The molecule has 1 amide bonds. The van der Waals surface area contributed by atoms with Gasteiger partial charge in [0.1, 0.15) is 11.6 Å². The average molecular weight is 366 g/mol. The Morgan fingerprint density at radius 1 is 1.24 bits per heavy atom. The van der Waals surface area contributed by atoms with Gasteiger partial charge in [0.2, 0.25) is 0 Å². The molecule has 25 heavy (non-hydrogen) atoms. The fourth-order valence-electron chi connectivity index (χ4n) is 2.93. The van der Waals surface area contributed by atoms with Crippen LogP contribution in [0.25, 0.3) is 0 Å². The smallest absolute Gasteiger partial charge is 0.255 e. The molecule has 0 N–H and O–H groups in total. The van der Waals surface area contributed by atoms with Crippen LogP contribution in [0.3, 0.4) is 0 Å². The second-order valence-electron chi connectivity index (χ2n) is 6.04. The summed E-state index contributed by atoms with van der Waals surface area (Å²) in [5.74, 6) is -1.14. The van der Waals surface area contributed by atoms with E-state index in [9.17, 15) is 13.6 Å². The standard InChI is InChI=1S/C19H18ClF2NO2/c20-17-6-2-1-5-16(17)19(24)23-9-3-4-15(11-23)25-12-13-10-14(21)7-8-18(13)22/h1-2,5-8,10,15H,3-4,9,11-12H2. The molecule has 0 aromatic heterocycles. The summed E-state index contributed by atoms with van der Waals surface area (Å²) in [7, 11) is 0. The number of ether oxygens (including phenoxy) is 1. The summed E-state index contributed by atoms with van der Waals surface area (Å²) in [6.45, 7) is 1.00. The van der Waals surface area contributed by atoms with Gasteiger partial charge >= 0.3 is 0 Å². The fraction of sp³-hybridized carbons (Fsp3) is 0.316. The van der Waals surface area contributed by atoms with E-state index in [1.54, 1.807) is 29.2 Å². The van der Waals surface area contributed by atoms with Crippen molar-refractivity contribution in [1.82, 2.24) is 4.90 Å². The minimum atomic E-state index is -0.501. The Hall–Kier alpha value is -1.98. The lowest BCUT2D eigenvalue weighted by Crippen LogP contribution is -2.43. The summed E-state index contributed by atoms with van der Waals surface area (Å²) in [5.41, 5.74) is 0.635. The zero-order valence-electron chi connectivity index (χ0n) is 13.6. The molecule has 2 aromatic rings. The lowest BCUT2D eigenvalue weighted by molar-refractivity contribution is -0.00769. The second-order valence-corrected chi connectivity index (χ2v) is 6.45. The van der Waals surface area contributed by atoms with Gasteiger partial charge in [0, 0.05) is 18.7 Å². The van der Waals surface area contributed by atoms with E-state index in [1.165, 1.54) is 0 Å². The van der Waals surface area contributed by atoms with E-state index < -0.39 is 11.6 Å². The number of hydrogen-bond acceptors (Lipinski definition) is 2. The van der Waals surface area contributed by atoms with E-state index in [-0.39, 0.29) is 24.2 Å². The molecule has 2 aromatic carbocycles. The molecule has 1 aliphatic heterocycles. The molecule has 0 radical (unpaired) electrons. The quantitative estimate of drug-likeness (QED) is 0.801. The van der Waals surface area contributed by atoms with Gasteiger partial charge in [-0.2, -0.15) is 0 Å². The maximum Gasteiger partial charge on any atom is 0.255 e. The molecule has 1 unspecified atom stereocenters. The third-order valence-corrected chi connectivity index (χ3v) is 4.58. The highest BCUT2D eigenvalue weighted by molar-refractivity contribution is 6.33. The molecule has 1 saturated heterocycles. The maximum atomic E-state index is 13.7. The van der Waals surface area contributed by atoms with Gasteiger partial charge in [-0.25, -0.2) is 8.78 Å². The van der Waals surface area contributed by atoms with E-state index in [4.69, 9.17) is 16.3 Å². The van der Waals surface area contributed by atoms with Gasteiger partial charge in [-0.1, -0.05) is 23.7 Å². The van der Waals surface area contributed by atoms with Crippen molar-refractivity contribution >= 4 is 17.5 Å². The molecule has 0 saturated carbocycles. The number of piperidine rings is 1. The van der Waals surface area contributed by atoms with Crippen LogP contribution >= 0.6 is 11.6 Å². The largest absolute Gasteiger partial charge is 0.372 e. The van der Waals surface area contributed by atoms with Gasteiger partial charge < -0.3 is 9.64 Å². The van der Waals surface area contributed by atoms with Gasteiger partial charge in [0.05, 0.1) is 23.3 Å². The summed E-state index contributed by atoms with van der Waals surface area (Å²) in [6.07, 6.45) is 1.33. The summed E-state index contributed by atoms with van der Waals surface area (Å²) in [4.78, 5) is 14.3. The van der Waals surface area contributed by atoms with Crippen molar-refractivity contribution in [3.05, 3.63) is 70.2 Å². The van der Waals surface area contributed by atoms with Crippen molar-refractivity contribution in [3.63, 3.8) is 0 Å². The number of nitrogens with zero attached hydrogens (tertiary/aromatic N) is 1. The number of benzene rings is 2. The Morgan fingerprint density at radius 2 is 2.04 bits per heavy atom. The Labute approximate surface area is 150 Å². The Balaban J connectivity index is 1.62. The fourth-order valence-corrected chi connectivity index (χ4v) is 3.14. The van der Waals surface area contributed by atoms with Crippen molar-refractivity contribution in [2.45, 2.75) is 25.6 Å². The van der Waals surface area contributed by atoms with Gasteiger partial charge in [-0.05, 0) is 43.2 Å². The van der Waals surface area contributed by atoms with Gasteiger partial charge in [-0.3, -0.25) is 4.79 Å². The van der Waals surface area contributed by atoms with Gasteiger partial charge in [0.25, 0.3) is 5.91 Å². The molecule has 3 rings (SSSR count). The molecule has 132 valence electrons. The summed E-state index contributed by atoms with van der Waals surface area (Å²) in [6, 6.07) is 10.2. The van der Waals surface area contributed by atoms with Crippen LogP contribution in [0, 0.1) is 11.6 Å². The third kappa shape index (κ3) is 4.35. The van der Waals surface area contributed by atoms with Crippen LogP contribution in [-0.4, -0.2) is 30.0 Å². The highest BCUT2D eigenvalue weighted by atomic mass is 35.5. The molecule has 0 bridgehead atoms.